The fourth-order valence-electron chi connectivity index (χ4n) is 1.40. The molecule has 1 rings (SSSR count). The van der Waals surface area contributed by atoms with Gasteiger partial charge in [0.05, 0.1) is 0 Å². The second-order valence-electron chi connectivity index (χ2n) is 4.38. The van der Waals surface area contributed by atoms with Crippen LogP contribution in [0.1, 0.15) is 40.0 Å². The zero-order chi connectivity index (χ0) is 7.83. The van der Waals surface area contributed by atoms with E-state index in [1.165, 1.54) is 19.3 Å². The molecule has 0 aromatic rings. The maximum absolute atomic E-state index is 3.51. The molecular weight excluding hydrogens is 188 g/mol. The Morgan fingerprint density at radius 3 is 2.20 bits per heavy atom. The molecule has 60 valence electrons. The van der Waals surface area contributed by atoms with Crippen LogP contribution in [0.25, 0.3) is 0 Å². The first kappa shape index (κ1) is 8.58. The Labute approximate surface area is 72.5 Å². The van der Waals surface area contributed by atoms with Crippen LogP contribution in [0.2, 0.25) is 0 Å². The molecule has 0 atom stereocenters. The molecule has 0 unspecified atom stereocenters. The summed E-state index contributed by atoms with van der Waals surface area (Å²) in [4.78, 5) is 0. The molecule has 0 aliphatic heterocycles. The Bertz CT molecular complexity index is 123. The van der Waals surface area contributed by atoms with Crippen molar-refractivity contribution in [3.63, 3.8) is 0 Å². The van der Waals surface area contributed by atoms with Crippen molar-refractivity contribution in [2.75, 3.05) is 5.33 Å². The van der Waals surface area contributed by atoms with Crippen molar-refractivity contribution in [1.82, 2.24) is 0 Å². The molecule has 1 heteroatoms. The largest absolute Gasteiger partial charge is 0.0928 e. The summed E-state index contributed by atoms with van der Waals surface area (Å²) >= 11 is 3.51. The van der Waals surface area contributed by atoms with E-state index in [4.69, 9.17) is 0 Å². The number of alkyl halides is 1. The molecule has 0 bridgehead atoms. The van der Waals surface area contributed by atoms with Gasteiger partial charge in [-0.25, -0.2) is 0 Å². The van der Waals surface area contributed by atoms with Crippen LogP contribution in [0.4, 0.5) is 0 Å². The lowest BCUT2D eigenvalue weighted by atomic mass is 9.75. The molecule has 0 aromatic heterocycles. The number of hydrogen-bond acceptors (Lipinski definition) is 0. The Balaban J connectivity index is 2.50. The first-order chi connectivity index (χ1) is 4.52. The van der Waals surface area contributed by atoms with E-state index >= 15 is 0 Å². The summed E-state index contributed by atoms with van der Waals surface area (Å²) in [6.45, 7) is 7.19. The van der Waals surface area contributed by atoms with Crippen molar-refractivity contribution in [1.29, 1.82) is 0 Å². The third-order valence-electron chi connectivity index (χ3n) is 3.35. The van der Waals surface area contributed by atoms with E-state index in [-0.39, 0.29) is 0 Å². The average molecular weight is 205 g/mol. The monoisotopic (exact) mass is 204 g/mol. The highest BCUT2D eigenvalue weighted by Gasteiger charge is 2.49. The SMILES string of the molecule is CC(C)(CCBr)C1(C)CC1. The summed E-state index contributed by atoms with van der Waals surface area (Å²) in [5.41, 5.74) is 1.22. The summed E-state index contributed by atoms with van der Waals surface area (Å²) in [6.07, 6.45) is 4.18. The molecule has 10 heavy (non-hydrogen) atoms. The molecule has 1 saturated carbocycles. The molecule has 1 fully saturated rings. The number of hydrogen-bond donors (Lipinski definition) is 0. The standard InChI is InChI=1S/C9H17Br/c1-8(2,6-7-10)9(3)4-5-9/h4-7H2,1-3H3. The van der Waals surface area contributed by atoms with Gasteiger partial charge in [0.2, 0.25) is 0 Å². The van der Waals surface area contributed by atoms with Gasteiger partial charge in [-0.1, -0.05) is 36.7 Å². The van der Waals surface area contributed by atoms with E-state index in [1.807, 2.05) is 0 Å². The summed E-state index contributed by atoms with van der Waals surface area (Å²) in [5.74, 6) is 0. The molecule has 0 saturated heterocycles. The van der Waals surface area contributed by atoms with Gasteiger partial charge < -0.3 is 0 Å². The normalized spacial score (nSPS) is 22.8. The van der Waals surface area contributed by atoms with Crippen molar-refractivity contribution in [2.45, 2.75) is 40.0 Å². The van der Waals surface area contributed by atoms with E-state index in [2.05, 4.69) is 36.7 Å². The summed E-state index contributed by atoms with van der Waals surface area (Å²) in [7, 11) is 0. The lowest BCUT2D eigenvalue weighted by Crippen LogP contribution is -2.23. The molecule has 0 radical (unpaired) electrons. The Morgan fingerprint density at radius 1 is 1.40 bits per heavy atom. The highest BCUT2D eigenvalue weighted by Crippen LogP contribution is 2.59. The molecule has 0 nitrogen and oxygen atoms in total. The average Bonchev–Trinajstić information content (AvgIpc) is 2.49. The number of rotatable bonds is 3. The van der Waals surface area contributed by atoms with Crippen molar-refractivity contribution < 1.29 is 0 Å². The summed E-state index contributed by atoms with van der Waals surface area (Å²) in [6, 6.07) is 0. The first-order valence-electron chi connectivity index (χ1n) is 4.08. The zero-order valence-corrected chi connectivity index (χ0v) is 8.79. The van der Waals surface area contributed by atoms with Gasteiger partial charge in [-0.2, -0.15) is 0 Å². The van der Waals surface area contributed by atoms with E-state index in [1.54, 1.807) is 0 Å². The van der Waals surface area contributed by atoms with Crippen molar-refractivity contribution >= 4 is 15.9 Å². The van der Waals surface area contributed by atoms with Crippen LogP contribution in [-0.2, 0) is 0 Å². The maximum Gasteiger partial charge on any atom is 0.00365 e. The van der Waals surface area contributed by atoms with Crippen molar-refractivity contribution in [2.24, 2.45) is 10.8 Å². The molecule has 0 heterocycles. The molecule has 1 aliphatic rings. The zero-order valence-electron chi connectivity index (χ0n) is 7.21. The Hall–Kier alpha value is 0.480. The lowest BCUT2D eigenvalue weighted by molar-refractivity contribution is 0.201. The van der Waals surface area contributed by atoms with Crippen LogP contribution in [0, 0.1) is 10.8 Å². The van der Waals surface area contributed by atoms with Crippen molar-refractivity contribution in [3.8, 4) is 0 Å². The van der Waals surface area contributed by atoms with Gasteiger partial charge in [0.15, 0.2) is 0 Å². The Kier molecular flexibility index (Phi) is 2.15. The lowest BCUT2D eigenvalue weighted by Gasteiger charge is -2.31. The minimum atomic E-state index is 0.552. The van der Waals surface area contributed by atoms with Crippen LogP contribution >= 0.6 is 15.9 Å². The van der Waals surface area contributed by atoms with Gasteiger partial charge in [0.1, 0.15) is 0 Å². The predicted octanol–water partition coefficient (Wildman–Crippen LogP) is 3.60. The van der Waals surface area contributed by atoms with Crippen molar-refractivity contribution in [3.05, 3.63) is 0 Å². The highest BCUT2D eigenvalue weighted by molar-refractivity contribution is 9.09. The van der Waals surface area contributed by atoms with E-state index in [0.717, 1.165) is 5.33 Å². The van der Waals surface area contributed by atoms with Gasteiger partial charge in [-0.15, -0.1) is 0 Å². The minimum Gasteiger partial charge on any atom is -0.0928 e. The van der Waals surface area contributed by atoms with Gasteiger partial charge >= 0.3 is 0 Å². The van der Waals surface area contributed by atoms with E-state index in [0.29, 0.717) is 10.8 Å². The topological polar surface area (TPSA) is 0 Å². The fourth-order valence-corrected chi connectivity index (χ4v) is 2.39. The molecule has 1 aliphatic carbocycles. The van der Waals surface area contributed by atoms with Gasteiger partial charge in [0, 0.05) is 5.33 Å². The van der Waals surface area contributed by atoms with Crippen LogP contribution in [-0.4, -0.2) is 5.33 Å². The van der Waals surface area contributed by atoms with Gasteiger partial charge in [0.25, 0.3) is 0 Å². The molecule has 0 spiro atoms. The summed E-state index contributed by atoms with van der Waals surface area (Å²) < 4.78 is 0. The molecular formula is C9H17Br. The van der Waals surface area contributed by atoms with Gasteiger partial charge in [-0.05, 0) is 30.1 Å². The highest BCUT2D eigenvalue weighted by atomic mass is 79.9. The predicted molar refractivity (Wildman–Crippen MR) is 49.5 cm³/mol. The van der Waals surface area contributed by atoms with Crippen LogP contribution in [0.3, 0.4) is 0 Å². The second-order valence-corrected chi connectivity index (χ2v) is 5.18. The van der Waals surface area contributed by atoms with Crippen LogP contribution < -0.4 is 0 Å². The molecule has 0 aromatic carbocycles. The van der Waals surface area contributed by atoms with E-state index in [9.17, 15) is 0 Å². The maximum atomic E-state index is 3.51. The Morgan fingerprint density at radius 2 is 1.90 bits per heavy atom. The van der Waals surface area contributed by atoms with Crippen LogP contribution in [0.15, 0.2) is 0 Å². The fraction of sp³-hybridized carbons (Fsp3) is 1.00. The molecule has 0 amide bonds. The number of halogens is 1. The first-order valence-corrected chi connectivity index (χ1v) is 5.20. The van der Waals surface area contributed by atoms with E-state index < -0.39 is 0 Å². The summed E-state index contributed by atoms with van der Waals surface area (Å²) in [5, 5.41) is 1.15. The smallest absolute Gasteiger partial charge is 0.00365 e. The van der Waals surface area contributed by atoms with Crippen LogP contribution in [0.5, 0.6) is 0 Å². The third-order valence-corrected chi connectivity index (χ3v) is 3.75. The van der Waals surface area contributed by atoms with Gasteiger partial charge in [-0.3, -0.25) is 0 Å². The molecule has 0 N–H and O–H groups in total. The second kappa shape index (κ2) is 2.51. The third kappa shape index (κ3) is 1.39. The minimum absolute atomic E-state index is 0.552. The quantitative estimate of drug-likeness (QED) is 0.617.